The third kappa shape index (κ3) is 4.76. The minimum atomic E-state index is -3.91. The molecule has 6 nitrogen and oxygen atoms in total. The number of anilines is 1. The lowest BCUT2D eigenvalue weighted by molar-refractivity contribution is -0.122. The van der Waals surface area contributed by atoms with E-state index in [1.807, 2.05) is 50.2 Å². The van der Waals surface area contributed by atoms with E-state index in [0.717, 1.165) is 35.0 Å². The molecule has 1 saturated heterocycles. The molecular formula is C22H25N3O3S2. The quantitative estimate of drug-likeness (QED) is 0.631. The van der Waals surface area contributed by atoms with Crippen LogP contribution in [-0.4, -0.2) is 45.0 Å². The van der Waals surface area contributed by atoms with Gasteiger partial charge in [0.05, 0.1) is 9.80 Å². The standard InChI is InChI=1S/C22H25N3O3S2/c1-5-16-9-13-19(14-10-16)30(27,28)23-22-25(6-2)21(26)20(29-22)15-17-7-11-18(12-8-17)24(3)4/h7-15H,5-6H2,1-4H3/b20-15+,23-22?. The predicted molar refractivity (Wildman–Crippen MR) is 124 cm³/mol. The molecule has 2 aromatic carbocycles. The SMILES string of the molecule is CCc1ccc(S(=O)(=O)N=C2S/C(=C/c3ccc(N(C)C)cc3)C(=O)N2CC)cc1. The van der Waals surface area contributed by atoms with E-state index >= 15 is 0 Å². The van der Waals surface area contributed by atoms with Crippen LogP contribution < -0.4 is 4.90 Å². The average Bonchev–Trinajstić information content (AvgIpc) is 3.01. The van der Waals surface area contributed by atoms with Crippen molar-refractivity contribution in [2.75, 3.05) is 25.5 Å². The number of rotatable bonds is 6. The van der Waals surface area contributed by atoms with Crippen LogP contribution in [0.5, 0.6) is 0 Å². The number of amides is 1. The molecule has 158 valence electrons. The van der Waals surface area contributed by atoms with Gasteiger partial charge in [-0.2, -0.15) is 8.42 Å². The van der Waals surface area contributed by atoms with Gasteiger partial charge in [-0.25, -0.2) is 0 Å². The second kappa shape index (κ2) is 9.06. The first-order chi connectivity index (χ1) is 14.2. The lowest BCUT2D eigenvalue weighted by Gasteiger charge is -2.12. The zero-order valence-corrected chi connectivity index (χ0v) is 19.1. The van der Waals surface area contributed by atoms with Gasteiger partial charge in [0.2, 0.25) is 0 Å². The van der Waals surface area contributed by atoms with Crippen LogP contribution in [0.15, 0.2) is 62.7 Å². The fraction of sp³-hybridized carbons (Fsp3) is 0.273. The van der Waals surface area contributed by atoms with Crippen LogP contribution in [-0.2, 0) is 21.2 Å². The van der Waals surface area contributed by atoms with Crippen molar-refractivity contribution in [1.29, 1.82) is 0 Å². The van der Waals surface area contributed by atoms with Crippen molar-refractivity contribution in [2.24, 2.45) is 4.40 Å². The third-order valence-corrected chi connectivity index (χ3v) is 7.14. The normalized spacial score (nSPS) is 17.2. The summed E-state index contributed by atoms with van der Waals surface area (Å²) >= 11 is 1.08. The zero-order valence-electron chi connectivity index (χ0n) is 17.5. The zero-order chi connectivity index (χ0) is 21.9. The Morgan fingerprint density at radius 3 is 2.20 bits per heavy atom. The highest BCUT2D eigenvalue weighted by atomic mass is 32.2. The minimum Gasteiger partial charge on any atom is -0.378 e. The summed E-state index contributed by atoms with van der Waals surface area (Å²) in [6.45, 7) is 4.14. The molecule has 2 aromatic rings. The van der Waals surface area contributed by atoms with E-state index in [-0.39, 0.29) is 16.0 Å². The van der Waals surface area contributed by atoms with Crippen LogP contribution in [0.25, 0.3) is 6.08 Å². The highest BCUT2D eigenvalue weighted by molar-refractivity contribution is 8.19. The van der Waals surface area contributed by atoms with Crippen LogP contribution in [0, 0.1) is 0 Å². The summed E-state index contributed by atoms with van der Waals surface area (Å²) in [4.78, 5) is 16.7. The van der Waals surface area contributed by atoms with Gasteiger partial charge in [-0.3, -0.25) is 9.69 Å². The second-order valence-corrected chi connectivity index (χ2v) is 9.61. The first-order valence-electron chi connectivity index (χ1n) is 9.68. The van der Waals surface area contributed by atoms with Crippen LogP contribution in [0.1, 0.15) is 25.0 Å². The van der Waals surface area contributed by atoms with Crippen LogP contribution in [0.2, 0.25) is 0 Å². The highest BCUT2D eigenvalue weighted by Gasteiger charge is 2.34. The van der Waals surface area contributed by atoms with Crippen molar-refractivity contribution in [2.45, 2.75) is 25.2 Å². The topological polar surface area (TPSA) is 70.0 Å². The van der Waals surface area contributed by atoms with Crippen molar-refractivity contribution in [3.8, 4) is 0 Å². The van der Waals surface area contributed by atoms with Gasteiger partial charge in [0, 0.05) is 26.3 Å². The average molecular weight is 444 g/mol. The Morgan fingerprint density at radius 1 is 1.03 bits per heavy atom. The first kappa shape index (κ1) is 22.1. The van der Waals surface area contributed by atoms with Crippen molar-refractivity contribution >= 4 is 44.6 Å². The van der Waals surface area contributed by atoms with Gasteiger partial charge >= 0.3 is 0 Å². The summed E-state index contributed by atoms with van der Waals surface area (Å²) in [6.07, 6.45) is 2.59. The molecule has 0 spiro atoms. The second-order valence-electron chi connectivity index (χ2n) is 6.99. The van der Waals surface area contributed by atoms with E-state index in [4.69, 9.17) is 0 Å². The maximum Gasteiger partial charge on any atom is 0.284 e. The number of nitrogens with zero attached hydrogens (tertiary/aromatic N) is 3. The molecule has 0 saturated carbocycles. The molecule has 0 aromatic heterocycles. The number of carbonyl (C=O) groups excluding carboxylic acids is 1. The molecule has 1 amide bonds. The molecule has 0 bridgehead atoms. The molecule has 0 N–H and O–H groups in total. The summed E-state index contributed by atoms with van der Waals surface area (Å²) in [5, 5.41) is 0.179. The molecule has 1 fully saturated rings. The number of hydrogen-bond acceptors (Lipinski definition) is 5. The number of hydrogen-bond donors (Lipinski definition) is 0. The molecule has 1 aliphatic rings. The maximum atomic E-state index is 12.8. The van der Waals surface area contributed by atoms with Crippen molar-refractivity contribution < 1.29 is 13.2 Å². The third-order valence-electron chi connectivity index (χ3n) is 4.74. The summed E-state index contributed by atoms with van der Waals surface area (Å²) in [5.74, 6) is -0.241. The van der Waals surface area contributed by atoms with Crippen LogP contribution in [0.3, 0.4) is 0 Å². The molecule has 30 heavy (non-hydrogen) atoms. The number of sulfonamides is 1. The fourth-order valence-corrected chi connectivity index (χ4v) is 5.17. The van der Waals surface area contributed by atoms with Crippen LogP contribution >= 0.6 is 11.8 Å². The Balaban J connectivity index is 1.90. The van der Waals surface area contributed by atoms with Gasteiger partial charge in [0.15, 0.2) is 5.17 Å². The molecule has 0 aliphatic carbocycles. The number of aryl methyl sites for hydroxylation is 1. The molecular weight excluding hydrogens is 418 g/mol. The number of benzene rings is 2. The smallest absolute Gasteiger partial charge is 0.284 e. The van der Waals surface area contributed by atoms with Gasteiger partial charge < -0.3 is 4.90 Å². The molecule has 3 rings (SSSR count). The summed E-state index contributed by atoms with van der Waals surface area (Å²) in [7, 11) is 0.0144. The Labute approximate surface area is 182 Å². The maximum absolute atomic E-state index is 12.8. The Kier molecular flexibility index (Phi) is 6.67. The van der Waals surface area contributed by atoms with E-state index in [2.05, 4.69) is 4.40 Å². The Morgan fingerprint density at radius 2 is 1.67 bits per heavy atom. The molecule has 8 heteroatoms. The van der Waals surface area contributed by atoms with E-state index in [0.29, 0.717) is 11.4 Å². The first-order valence-corrected chi connectivity index (χ1v) is 11.9. The summed E-state index contributed by atoms with van der Waals surface area (Å²) < 4.78 is 29.5. The van der Waals surface area contributed by atoms with Crippen LogP contribution in [0.4, 0.5) is 5.69 Å². The van der Waals surface area contributed by atoms with Gasteiger partial charge in [0.25, 0.3) is 15.9 Å². The van der Waals surface area contributed by atoms with E-state index in [1.54, 1.807) is 37.3 Å². The fourth-order valence-electron chi connectivity index (χ4n) is 2.93. The molecule has 0 atom stereocenters. The van der Waals surface area contributed by atoms with E-state index in [9.17, 15) is 13.2 Å². The molecule has 0 unspecified atom stereocenters. The highest BCUT2D eigenvalue weighted by Crippen LogP contribution is 2.33. The van der Waals surface area contributed by atoms with Crippen molar-refractivity contribution in [3.63, 3.8) is 0 Å². The van der Waals surface area contributed by atoms with Gasteiger partial charge in [0.1, 0.15) is 0 Å². The van der Waals surface area contributed by atoms with Gasteiger partial charge in [-0.05, 0) is 66.6 Å². The number of likely N-dealkylation sites (N-methyl/N-ethyl adjacent to an activating group) is 1. The minimum absolute atomic E-state index is 0.119. The summed E-state index contributed by atoms with van der Waals surface area (Å²) in [5.41, 5.74) is 2.97. The lowest BCUT2D eigenvalue weighted by atomic mass is 10.2. The molecule has 1 aliphatic heterocycles. The lowest BCUT2D eigenvalue weighted by Crippen LogP contribution is -2.29. The van der Waals surface area contributed by atoms with Gasteiger partial charge in [-0.15, -0.1) is 4.40 Å². The summed E-state index contributed by atoms with van der Waals surface area (Å²) in [6, 6.07) is 14.4. The number of thioether (sulfide) groups is 1. The van der Waals surface area contributed by atoms with E-state index in [1.165, 1.54) is 4.90 Å². The number of carbonyl (C=O) groups is 1. The Hall–Kier alpha value is -2.58. The largest absolute Gasteiger partial charge is 0.378 e. The van der Waals surface area contributed by atoms with E-state index < -0.39 is 10.0 Å². The Bertz CT molecular complexity index is 1090. The predicted octanol–water partition coefficient (Wildman–Crippen LogP) is 4.00. The monoisotopic (exact) mass is 443 g/mol. The molecule has 0 radical (unpaired) electrons. The van der Waals surface area contributed by atoms with Gasteiger partial charge in [-0.1, -0.05) is 31.2 Å². The molecule has 1 heterocycles. The number of amidine groups is 1. The van der Waals surface area contributed by atoms with Crippen molar-refractivity contribution in [3.05, 3.63) is 64.6 Å². The van der Waals surface area contributed by atoms with Crippen molar-refractivity contribution in [1.82, 2.24) is 4.90 Å².